The lowest BCUT2D eigenvalue weighted by molar-refractivity contribution is 0.0954. The zero-order chi connectivity index (χ0) is 19.0. The van der Waals surface area contributed by atoms with Gasteiger partial charge in [-0.2, -0.15) is 4.98 Å². The molecule has 4 aromatic rings. The van der Waals surface area contributed by atoms with Gasteiger partial charge in [0, 0.05) is 18.3 Å². The fourth-order valence-electron chi connectivity index (χ4n) is 2.85. The number of rotatable bonds is 4. The van der Waals surface area contributed by atoms with Crippen LogP contribution in [0.2, 0.25) is 0 Å². The standard InChI is InChI=1S/C19H16FN5OS/c1-11-15(13-4-7-16-23-19(21)24-25(16)9-13)10-27-17(11)18(26)22-8-12-2-5-14(20)6-3-12/h2-7,9-10H,8H2,1H3,(H2,21,24)(H,22,26). The lowest BCUT2D eigenvalue weighted by Gasteiger charge is -2.06. The Hall–Kier alpha value is -3.26. The van der Waals surface area contributed by atoms with E-state index >= 15 is 0 Å². The number of nitrogens with zero attached hydrogens (tertiary/aromatic N) is 3. The summed E-state index contributed by atoms with van der Waals surface area (Å²) < 4.78 is 14.6. The number of nitrogens with two attached hydrogens (primary N) is 1. The summed E-state index contributed by atoms with van der Waals surface area (Å²) in [5.74, 6) is -0.232. The molecule has 27 heavy (non-hydrogen) atoms. The number of amides is 1. The van der Waals surface area contributed by atoms with Gasteiger partial charge in [-0.3, -0.25) is 4.79 Å². The third-order valence-electron chi connectivity index (χ3n) is 4.27. The monoisotopic (exact) mass is 381 g/mol. The maximum atomic E-state index is 13.0. The van der Waals surface area contributed by atoms with Gasteiger partial charge in [0.1, 0.15) is 5.82 Å². The molecule has 0 spiro atoms. The molecule has 8 heteroatoms. The van der Waals surface area contributed by atoms with E-state index in [1.54, 1.807) is 16.6 Å². The van der Waals surface area contributed by atoms with Gasteiger partial charge in [0.25, 0.3) is 5.91 Å². The minimum Gasteiger partial charge on any atom is -0.366 e. The largest absolute Gasteiger partial charge is 0.366 e. The molecule has 0 bridgehead atoms. The highest BCUT2D eigenvalue weighted by Crippen LogP contribution is 2.31. The molecule has 6 nitrogen and oxygen atoms in total. The summed E-state index contributed by atoms with van der Waals surface area (Å²) in [4.78, 5) is 17.3. The highest BCUT2D eigenvalue weighted by molar-refractivity contribution is 7.12. The van der Waals surface area contributed by atoms with Gasteiger partial charge in [0.2, 0.25) is 5.95 Å². The number of hydrogen-bond donors (Lipinski definition) is 2. The van der Waals surface area contributed by atoms with Crippen LogP contribution in [-0.2, 0) is 6.54 Å². The van der Waals surface area contributed by atoms with Crippen molar-refractivity contribution in [2.24, 2.45) is 0 Å². The Morgan fingerprint density at radius 2 is 2.04 bits per heavy atom. The van der Waals surface area contributed by atoms with Crippen LogP contribution in [0.1, 0.15) is 20.8 Å². The lowest BCUT2D eigenvalue weighted by Crippen LogP contribution is -2.22. The Morgan fingerprint density at radius 3 is 2.81 bits per heavy atom. The van der Waals surface area contributed by atoms with Crippen molar-refractivity contribution in [3.05, 3.63) is 69.8 Å². The lowest BCUT2D eigenvalue weighted by atomic mass is 10.1. The van der Waals surface area contributed by atoms with E-state index in [2.05, 4.69) is 15.4 Å². The van der Waals surface area contributed by atoms with E-state index in [1.165, 1.54) is 23.5 Å². The van der Waals surface area contributed by atoms with Crippen molar-refractivity contribution < 1.29 is 9.18 Å². The van der Waals surface area contributed by atoms with Crippen molar-refractivity contribution in [2.45, 2.75) is 13.5 Å². The molecule has 0 unspecified atom stereocenters. The average molecular weight is 381 g/mol. The molecule has 136 valence electrons. The molecule has 3 N–H and O–H groups in total. The van der Waals surface area contributed by atoms with Gasteiger partial charge >= 0.3 is 0 Å². The third-order valence-corrected chi connectivity index (χ3v) is 5.35. The second-order valence-electron chi connectivity index (χ2n) is 6.10. The molecule has 1 aromatic carbocycles. The molecule has 0 aliphatic rings. The highest BCUT2D eigenvalue weighted by Gasteiger charge is 2.16. The number of aromatic nitrogens is 3. The quantitative estimate of drug-likeness (QED) is 0.567. The number of benzene rings is 1. The van der Waals surface area contributed by atoms with Crippen LogP contribution in [0.5, 0.6) is 0 Å². The van der Waals surface area contributed by atoms with Crippen molar-refractivity contribution in [1.29, 1.82) is 0 Å². The zero-order valence-electron chi connectivity index (χ0n) is 14.4. The molecular weight excluding hydrogens is 365 g/mol. The second kappa shape index (κ2) is 6.81. The van der Waals surface area contributed by atoms with Crippen LogP contribution in [0.3, 0.4) is 0 Å². The van der Waals surface area contributed by atoms with Crippen LogP contribution < -0.4 is 11.1 Å². The number of thiophene rings is 1. The Bertz CT molecular complexity index is 1130. The molecule has 3 heterocycles. The molecule has 0 saturated heterocycles. The van der Waals surface area contributed by atoms with Gasteiger partial charge in [-0.15, -0.1) is 16.4 Å². The van der Waals surface area contributed by atoms with Gasteiger partial charge in [-0.1, -0.05) is 12.1 Å². The number of anilines is 1. The number of hydrogen-bond acceptors (Lipinski definition) is 5. The smallest absolute Gasteiger partial charge is 0.261 e. The first-order valence-corrected chi connectivity index (χ1v) is 9.12. The average Bonchev–Trinajstić information content (AvgIpc) is 3.22. The van der Waals surface area contributed by atoms with E-state index < -0.39 is 0 Å². The van der Waals surface area contributed by atoms with Crippen LogP contribution in [0, 0.1) is 12.7 Å². The van der Waals surface area contributed by atoms with E-state index in [1.807, 2.05) is 30.6 Å². The van der Waals surface area contributed by atoms with Crippen molar-refractivity contribution >= 4 is 28.8 Å². The maximum absolute atomic E-state index is 13.0. The van der Waals surface area contributed by atoms with E-state index in [0.717, 1.165) is 22.3 Å². The Labute approximate surface area is 158 Å². The first-order valence-electron chi connectivity index (χ1n) is 8.24. The van der Waals surface area contributed by atoms with E-state index in [0.29, 0.717) is 17.1 Å². The van der Waals surface area contributed by atoms with Gasteiger partial charge in [-0.05, 0) is 53.3 Å². The number of nitrogen functional groups attached to an aromatic ring is 1. The summed E-state index contributed by atoms with van der Waals surface area (Å²) in [6.45, 7) is 2.26. The fourth-order valence-corrected chi connectivity index (χ4v) is 3.86. The fraction of sp³-hybridized carbons (Fsp3) is 0.105. The van der Waals surface area contributed by atoms with Gasteiger partial charge in [0.15, 0.2) is 5.65 Å². The Kier molecular flexibility index (Phi) is 4.33. The molecular formula is C19H16FN5OS. The van der Waals surface area contributed by atoms with Crippen LogP contribution in [-0.4, -0.2) is 20.5 Å². The molecule has 0 atom stereocenters. The second-order valence-corrected chi connectivity index (χ2v) is 6.98. The van der Waals surface area contributed by atoms with Crippen molar-refractivity contribution in [2.75, 3.05) is 5.73 Å². The SMILES string of the molecule is Cc1c(-c2ccc3nc(N)nn3c2)csc1C(=O)NCc1ccc(F)cc1. The predicted molar refractivity (Wildman–Crippen MR) is 103 cm³/mol. The molecule has 0 aliphatic heterocycles. The minimum atomic E-state index is -0.296. The molecule has 0 radical (unpaired) electrons. The van der Waals surface area contributed by atoms with Crippen LogP contribution in [0.25, 0.3) is 16.8 Å². The topological polar surface area (TPSA) is 85.3 Å². The minimum absolute atomic E-state index is 0.154. The first-order chi connectivity index (χ1) is 13.0. The number of pyridine rings is 1. The van der Waals surface area contributed by atoms with E-state index in [-0.39, 0.29) is 17.7 Å². The number of nitrogens with one attached hydrogen (secondary N) is 1. The van der Waals surface area contributed by atoms with Gasteiger partial charge in [0.05, 0.1) is 4.88 Å². The van der Waals surface area contributed by atoms with Crippen LogP contribution >= 0.6 is 11.3 Å². The highest BCUT2D eigenvalue weighted by atomic mass is 32.1. The predicted octanol–water partition coefficient (Wildman–Crippen LogP) is 3.42. The molecule has 3 aromatic heterocycles. The Morgan fingerprint density at radius 1 is 1.26 bits per heavy atom. The summed E-state index contributed by atoms with van der Waals surface area (Å²) >= 11 is 1.39. The summed E-state index contributed by atoms with van der Waals surface area (Å²) in [5, 5.41) is 8.95. The van der Waals surface area contributed by atoms with Crippen LogP contribution in [0.4, 0.5) is 10.3 Å². The summed E-state index contributed by atoms with van der Waals surface area (Å²) in [6, 6.07) is 9.83. The first kappa shape index (κ1) is 17.2. The van der Waals surface area contributed by atoms with Crippen molar-refractivity contribution in [3.8, 4) is 11.1 Å². The molecule has 0 aliphatic carbocycles. The zero-order valence-corrected chi connectivity index (χ0v) is 15.3. The van der Waals surface area contributed by atoms with Crippen molar-refractivity contribution in [1.82, 2.24) is 19.9 Å². The third kappa shape index (κ3) is 3.39. The van der Waals surface area contributed by atoms with Crippen molar-refractivity contribution in [3.63, 3.8) is 0 Å². The number of carbonyl (C=O) groups is 1. The van der Waals surface area contributed by atoms with Gasteiger partial charge in [-0.25, -0.2) is 8.91 Å². The maximum Gasteiger partial charge on any atom is 0.261 e. The number of fused-ring (bicyclic) bond motifs is 1. The van der Waals surface area contributed by atoms with Crippen LogP contribution in [0.15, 0.2) is 48.0 Å². The Balaban J connectivity index is 1.55. The van der Waals surface area contributed by atoms with Gasteiger partial charge < -0.3 is 11.1 Å². The van der Waals surface area contributed by atoms with E-state index in [9.17, 15) is 9.18 Å². The normalized spacial score (nSPS) is 11.0. The molecule has 0 saturated carbocycles. The molecule has 0 fully saturated rings. The summed E-state index contributed by atoms with van der Waals surface area (Å²) in [5.41, 5.74) is 9.92. The molecule has 1 amide bonds. The summed E-state index contributed by atoms with van der Waals surface area (Å²) in [6.07, 6.45) is 1.84. The number of halogens is 1. The summed E-state index contributed by atoms with van der Waals surface area (Å²) in [7, 11) is 0. The van der Waals surface area contributed by atoms with E-state index in [4.69, 9.17) is 5.73 Å². The molecule has 4 rings (SSSR count). The number of carbonyl (C=O) groups excluding carboxylic acids is 1.